The van der Waals surface area contributed by atoms with E-state index in [9.17, 15) is 4.79 Å². The quantitative estimate of drug-likeness (QED) is 0.827. The van der Waals surface area contributed by atoms with Gasteiger partial charge in [0.15, 0.2) is 0 Å². The monoisotopic (exact) mass is 244 g/mol. The summed E-state index contributed by atoms with van der Waals surface area (Å²) < 4.78 is 0. The summed E-state index contributed by atoms with van der Waals surface area (Å²) in [5, 5.41) is 6.53. The minimum absolute atomic E-state index is 0.00513. The average Bonchev–Trinajstić information content (AvgIpc) is 2.73. The SMILES string of the molecule is O=C1CNCC2(CCCC2Cc2ccccc2)N1. The molecule has 2 unspecified atom stereocenters. The molecule has 1 heterocycles. The van der Waals surface area contributed by atoms with E-state index >= 15 is 0 Å². The zero-order valence-electron chi connectivity index (χ0n) is 10.6. The Labute approximate surface area is 108 Å². The summed E-state index contributed by atoms with van der Waals surface area (Å²) in [5.41, 5.74) is 1.38. The first-order chi connectivity index (χ1) is 8.78. The third-order valence-electron chi connectivity index (χ3n) is 4.40. The second-order valence-electron chi connectivity index (χ2n) is 5.59. The van der Waals surface area contributed by atoms with E-state index < -0.39 is 0 Å². The first-order valence-corrected chi connectivity index (χ1v) is 6.84. The highest BCUT2D eigenvalue weighted by Gasteiger charge is 2.45. The molecular formula is C15H20N2O. The van der Waals surface area contributed by atoms with Crippen LogP contribution in [0.3, 0.4) is 0 Å². The maximum absolute atomic E-state index is 11.6. The fourth-order valence-electron chi connectivity index (χ4n) is 3.50. The normalized spacial score (nSPS) is 31.6. The van der Waals surface area contributed by atoms with Gasteiger partial charge in [0.2, 0.25) is 5.91 Å². The van der Waals surface area contributed by atoms with Crippen LogP contribution in [0.5, 0.6) is 0 Å². The number of benzene rings is 1. The van der Waals surface area contributed by atoms with Crippen molar-refractivity contribution in [3.8, 4) is 0 Å². The van der Waals surface area contributed by atoms with Crippen molar-refractivity contribution in [3.05, 3.63) is 35.9 Å². The Balaban J connectivity index is 1.77. The Morgan fingerprint density at radius 3 is 2.89 bits per heavy atom. The first-order valence-electron chi connectivity index (χ1n) is 6.84. The molecule has 1 aromatic rings. The summed E-state index contributed by atoms with van der Waals surface area (Å²) in [6, 6.07) is 10.6. The Kier molecular flexibility index (Phi) is 3.08. The second kappa shape index (κ2) is 4.73. The molecule has 0 aromatic heterocycles. The minimum atomic E-state index is 0.00513. The first kappa shape index (κ1) is 11.7. The van der Waals surface area contributed by atoms with Crippen LogP contribution in [0.1, 0.15) is 24.8 Å². The van der Waals surface area contributed by atoms with Crippen molar-refractivity contribution in [2.45, 2.75) is 31.2 Å². The van der Waals surface area contributed by atoms with Gasteiger partial charge in [-0.25, -0.2) is 0 Å². The van der Waals surface area contributed by atoms with E-state index in [2.05, 4.69) is 41.0 Å². The topological polar surface area (TPSA) is 41.1 Å². The molecule has 3 nitrogen and oxygen atoms in total. The molecule has 1 saturated carbocycles. The van der Waals surface area contributed by atoms with Gasteiger partial charge >= 0.3 is 0 Å². The number of rotatable bonds is 2. The summed E-state index contributed by atoms with van der Waals surface area (Å²) >= 11 is 0. The van der Waals surface area contributed by atoms with Gasteiger partial charge in [-0.1, -0.05) is 36.8 Å². The Bertz CT molecular complexity index is 431. The van der Waals surface area contributed by atoms with Crippen molar-refractivity contribution < 1.29 is 4.79 Å². The number of hydrogen-bond donors (Lipinski definition) is 2. The highest BCUT2D eigenvalue weighted by Crippen LogP contribution is 2.38. The van der Waals surface area contributed by atoms with Crippen LogP contribution >= 0.6 is 0 Å². The smallest absolute Gasteiger partial charge is 0.234 e. The highest BCUT2D eigenvalue weighted by molar-refractivity contribution is 5.80. The molecule has 1 aromatic carbocycles. The van der Waals surface area contributed by atoms with E-state index in [0.717, 1.165) is 19.4 Å². The zero-order chi connectivity index (χ0) is 12.4. The predicted molar refractivity (Wildman–Crippen MR) is 71.2 cm³/mol. The molecule has 3 rings (SSSR count). The largest absolute Gasteiger partial charge is 0.348 e. The number of piperazine rings is 1. The van der Waals surface area contributed by atoms with Crippen molar-refractivity contribution >= 4 is 5.91 Å². The van der Waals surface area contributed by atoms with Crippen LogP contribution in [0.2, 0.25) is 0 Å². The fraction of sp³-hybridized carbons (Fsp3) is 0.533. The Morgan fingerprint density at radius 2 is 2.11 bits per heavy atom. The number of hydrogen-bond acceptors (Lipinski definition) is 2. The second-order valence-corrected chi connectivity index (χ2v) is 5.59. The van der Waals surface area contributed by atoms with Crippen molar-refractivity contribution in [1.29, 1.82) is 0 Å². The van der Waals surface area contributed by atoms with Crippen LogP contribution in [0.15, 0.2) is 30.3 Å². The van der Waals surface area contributed by atoms with E-state index in [1.807, 2.05) is 0 Å². The van der Waals surface area contributed by atoms with Gasteiger partial charge in [0.25, 0.3) is 0 Å². The number of carbonyl (C=O) groups is 1. The summed E-state index contributed by atoms with van der Waals surface area (Å²) in [6.07, 6.45) is 4.63. The molecule has 96 valence electrons. The molecule has 3 heteroatoms. The number of nitrogens with one attached hydrogen (secondary N) is 2. The van der Waals surface area contributed by atoms with Gasteiger partial charge in [0, 0.05) is 6.54 Å². The summed E-state index contributed by atoms with van der Waals surface area (Å²) in [4.78, 5) is 11.6. The summed E-state index contributed by atoms with van der Waals surface area (Å²) in [6.45, 7) is 1.40. The molecule has 1 spiro atoms. The molecule has 1 aliphatic heterocycles. The average molecular weight is 244 g/mol. The lowest BCUT2D eigenvalue weighted by atomic mass is 9.81. The molecule has 1 aliphatic carbocycles. The van der Waals surface area contributed by atoms with E-state index in [-0.39, 0.29) is 11.4 Å². The van der Waals surface area contributed by atoms with Crippen LogP contribution in [0.4, 0.5) is 0 Å². The maximum atomic E-state index is 11.6. The van der Waals surface area contributed by atoms with Crippen molar-refractivity contribution in [1.82, 2.24) is 10.6 Å². The number of carbonyl (C=O) groups excluding carboxylic acids is 1. The Hall–Kier alpha value is -1.35. The van der Waals surface area contributed by atoms with Crippen molar-refractivity contribution in [3.63, 3.8) is 0 Å². The molecular weight excluding hydrogens is 224 g/mol. The summed E-state index contributed by atoms with van der Waals surface area (Å²) in [7, 11) is 0. The van der Waals surface area contributed by atoms with Crippen molar-refractivity contribution in [2.75, 3.05) is 13.1 Å². The van der Waals surface area contributed by atoms with Crippen LogP contribution < -0.4 is 10.6 Å². The molecule has 2 fully saturated rings. The van der Waals surface area contributed by atoms with E-state index in [0.29, 0.717) is 12.5 Å². The van der Waals surface area contributed by atoms with Gasteiger partial charge in [-0.15, -0.1) is 0 Å². The molecule has 1 saturated heterocycles. The lowest BCUT2D eigenvalue weighted by molar-refractivity contribution is -0.124. The molecule has 2 N–H and O–H groups in total. The zero-order valence-corrected chi connectivity index (χ0v) is 10.6. The van der Waals surface area contributed by atoms with E-state index in [1.165, 1.54) is 18.4 Å². The fourth-order valence-corrected chi connectivity index (χ4v) is 3.50. The highest BCUT2D eigenvalue weighted by atomic mass is 16.2. The molecule has 0 radical (unpaired) electrons. The van der Waals surface area contributed by atoms with Gasteiger partial charge in [-0.05, 0) is 30.7 Å². The van der Waals surface area contributed by atoms with E-state index in [4.69, 9.17) is 0 Å². The van der Waals surface area contributed by atoms with E-state index in [1.54, 1.807) is 0 Å². The van der Waals surface area contributed by atoms with Crippen LogP contribution in [0.25, 0.3) is 0 Å². The molecule has 2 aliphatic rings. The van der Waals surface area contributed by atoms with Gasteiger partial charge in [0.1, 0.15) is 0 Å². The Morgan fingerprint density at radius 1 is 1.28 bits per heavy atom. The minimum Gasteiger partial charge on any atom is -0.348 e. The van der Waals surface area contributed by atoms with Gasteiger partial charge in [0.05, 0.1) is 12.1 Å². The standard InChI is InChI=1S/C15H20N2O/c18-14-10-16-11-15(17-14)8-4-7-13(15)9-12-5-2-1-3-6-12/h1-3,5-6,13,16H,4,7-11H2,(H,17,18). The third kappa shape index (κ3) is 2.15. The number of amides is 1. The van der Waals surface area contributed by atoms with Gasteiger partial charge < -0.3 is 10.6 Å². The third-order valence-corrected chi connectivity index (χ3v) is 4.40. The maximum Gasteiger partial charge on any atom is 0.234 e. The molecule has 0 bridgehead atoms. The molecule has 18 heavy (non-hydrogen) atoms. The lowest BCUT2D eigenvalue weighted by Crippen LogP contribution is -2.63. The summed E-state index contributed by atoms with van der Waals surface area (Å²) in [5.74, 6) is 0.720. The van der Waals surface area contributed by atoms with Crippen LogP contribution in [-0.4, -0.2) is 24.5 Å². The van der Waals surface area contributed by atoms with Gasteiger partial charge in [-0.2, -0.15) is 0 Å². The van der Waals surface area contributed by atoms with Crippen LogP contribution in [-0.2, 0) is 11.2 Å². The lowest BCUT2D eigenvalue weighted by Gasteiger charge is -2.40. The van der Waals surface area contributed by atoms with Gasteiger partial charge in [-0.3, -0.25) is 4.79 Å². The molecule has 1 amide bonds. The predicted octanol–water partition coefficient (Wildman–Crippen LogP) is 1.49. The molecule has 2 atom stereocenters. The van der Waals surface area contributed by atoms with Crippen molar-refractivity contribution in [2.24, 2.45) is 5.92 Å². The van der Waals surface area contributed by atoms with Crippen LogP contribution in [0, 0.1) is 5.92 Å².